The quantitative estimate of drug-likeness (QED) is 0.779. The van der Waals surface area contributed by atoms with Crippen LogP contribution in [0.1, 0.15) is 6.92 Å². The van der Waals surface area contributed by atoms with E-state index in [4.69, 9.17) is 16.3 Å². The van der Waals surface area contributed by atoms with Crippen molar-refractivity contribution in [2.75, 3.05) is 31.3 Å². The average molecular weight is 376 g/mol. The second-order valence-electron chi connectivity index (χ2n) is 5.87. The zero-order valence-corrected chi connectivity index (χ0v) is 15.7. The predicted molar refractivity (Wildman–Crippen MR) is 104 cm³/mol. The van der Waals surface area contributed by atoms with Crippen molar-refractivity contribution in [3.63, 3.8) is 0 Å². The average Bonchev–Trinajstić information content (AvgIpc) is 2.62. The summed E-state index contributed by atoms with van der Waals surface area (Å²) in [6.07, 6.45) is 0. The fraction of sp³-hybridized carbons (Fsp3) is 0.263. The first-order chi connectivity index (χ1) is 12.4. The maximum absolute atomic E-state index is 12.3. The maximum Gasteiger partial charge on any atom is 0.241 e. The molecule has 2 aromatic carbocycles. The molecule has 26 heavy (non-hydrogen) atoms. The molecule has 2 rings (SSSR count). The van der Waals surface area contributed by atoms with Gasteiger partial charge in [-0.15, -0.1) is 0 Å². The van der Waals surface area contributed by atoms with E-state index in [1.54, 1.807) is 74.5 Å². The van der Waals surface area contributed by atoms with Crippen LogP contribution in [0.3, 0.4) is 0 Å². The lowest BCUT2D eigenvalue weighted by atomic mass is 10.2. The fourth-order valence-electron chi connectivity index (χ4n) is 2.24. The van der Waals surface area contributed by atoms with Gasteiger partial charge in [-0.2, -0.15) is 0 Å². The minimum atomic E-state index is -0.485. The Labute approximate surface area is 158 Å². The number of nitrogens with zero attached hydrogens (tertiary/aromatic N) is 1. The fourth-order valence-corrected chi connectivity index (χ4v) is 2.37. The number of methoxy groups -OCH3 is 1. The number of halogens is 1. The van der Waals surface area contributed by atoms with Crippen LogP contribution in [0.2, 0.25) is 5.02 Å². The molecule has 0 saturated carbocycles. The van der Waals surface area contributed by atoms with Crippen LogP contribution in [0.4, 0.5) is 11.4 Å². The summed E-state index contributed by atoms with van der Waals surface area (Å²) in [7, 11) is 3.28. The van der Waals surface area contributed by atoms with E-state index in [0.29, 0.717) is 22.1 Å². The molecular formula is C19H22ClN3O3. The molecule has 0 aliphatic heterocycles. The second-order valence-corrected chi connectivity index (χ2v) is 6.30. The number of rotatable bonds is 7. The minimum absolute atomic E-state index is 0.0758. The summed E-state index contributed by atoms with van der Waals surface area (Å²) in [5, 5.41) is 6.19. The molecule has 7 heteroatoms. The highest BCUT2D eigenvalue weighted by atomic mass is 35.5. The van der Waals surface area contributed by atoms with Gasteiger partial charge in [0.2, 0.25) is 11.8 Å². The highest BCUT2D eigenvalue weighted by molar-refractivity contribution is 6.30. The molecule has 0 radical (unpaired) electrons. The number of nitrogens with one attached hydrogen (secondary N) is 2. The van der Waals surface area contributed by atoms with Crippen molar-refractivity contribution < 1.29 is 14.3 Å². The van der Waals surface area contributed by atoms with E-state index in [1.165, 1.54) is 0 Å². The SMILES string of the molecule is COc1cccc(NC(=O)CN(C)[C@@H](C)C(=O)Nc2ccc(Cl)cc2)c1. The van der Waals surface area contributed by atoms with E-state index in [0.717, 1.165) is 0 Å². The molecule has 2 aromatic rings. The summed E-state index contributed by atoms with van der Waals surface area (Å²) >= 11 is 5.83. The van der Waals surface area contributed by atoms with Gasteiger partial charge in [0.1, 0.15) is 5.75 Å². The molecule has 0 spiro atoms. The van der Waals surface area contributed by atoms with Crippen LogP contribution in [0.5, 0.6) is 5.75 Å². The normalized spacial score (nSPS) is 11.7. The number of carbonyl (C=O) groups is 2. The zero-order valence-electron chi connectivity index (χ0n) is 15.0. The summed E-state index contributed by atoms with van der Waals surface area (Å²) in [6, 6.07) is 13.5. The molecule has 0 aliphatic carbocycles. The van der Waals surface area contributed by atoms with Crippen LogP contribution in [0.15, 0.2) is 48.5 Å². The van der Waals surface area contributed by atoms with E-state index in [2.05, 4.69) is 10.6 Å². The van der Waals surface area contributed by atoms with E-state index < -0.39 is 6.04 Å². The zero-order chi connectivity index (χ0) is 19.1. The molecule has 0 saturated heterocycles. The number of hydrogen-bond acceptors (Lipinski definition) is 4. The van der Waals surface area contributed by atoms with Crippen LogP contribution >= 0.6 is 11.6 Å². The number of carbonyl (C=O) groups excluding carboxylic acids is 2. The summed E-state index contributed by atoms with van der Waals surface area (Å²) in [6.45, 7) is 1.82. The summed E-state index contributed by atoms with van der Waals surface area (Å²) in [4.78, 5) is 26.2. The van der Waals surface area contributed by atoms with Gasteiger partial charge in [-0.1, -0.05) is 17.7 Å². The first kappa shape index (κ1) is 19.8. The molecular weight excluding hydrogens is 354 g/mol. The number of ether oxygens (including phenoxy) is 1. The van der Waals surface area contributed by atoms with Gasteiger partial charge < -0.3 is 15.4 Å². The summed E-state index contributed by atoms with van der Waals surface area (Å²) < 4.78 is 5.13. The van der Waals surface area contributed by atoms with Gasteiger partial charge in [0, 0.05) is 22.5 Å². The van der Waals surface area contributed by atoms with Crippen LogP contribution in [0, 0.1) is 0 Å². The molecule has 0 bridgehead atoms. The van der Waals surface area contributed by atoms with Gasteiger partial charge in [0.05, 0.1) is 19.7 Å². The Bertz CT molecular complexity index is 765. The topological polar surface area (TPSA) is 70.7 Å². The standard InChI is InChI=1S/C19H22ClN3O3/c1-13(19(25)22-15-9-7-14(20)8-10-15)23(2)12-18(24)21-16-5-4-6-17(11-16)26-3/h4-11,13H,12H2,1-3H3,(H,21,24)(H,22,25)/t13-/m0/s1. The molecule has 0 fully saturated rings. The van der Waals surface area contributed by atoms with Gasteiger partial charge in [-0.3, -0.25) is 14.5 Å². The molecule has 138 valence electrons. The van der Waals surface area contributed by atoms with Crippen molar-refractivity contribution >= 4 is 34.8 Å². The molecule has 0 aliphatic rings. The number of likely N-dealkylation sites (N-methyl/N-ethyl adjacent to an activating group) is 1. The van der Waals surface area contributed by atoms with E-state index >= 15 is 0 Å². The highest BCUT2D eigenvalue weighted by Crippen LogP contribution is 2.17. The molecule has 0 heterocycles. The molecule has 1 atom stereocenters. The Hall–Kier alpha value is -2.57. The monoisotopic (exact) mass is 375 g/mol. The smallest absolute Gasteiger partial charge is 0.241 e. The second kappa shape index (κ2) is 9.22. The third-order valence-electron chi connectivity index (χ3n) is 3.90. The third-order valence-corrected chi connectivity index (χ3v) is 4.15. The summed E-state index contributed by atoms with van der Waals surface area (Å²) in [5.74, 6) is 0.239. The van der Waals surface area contributed by atoms with Crippen LogP contribution in [-0.2, 0) is 9.59 Å². The Balaban J connectivity index is 1.88. The first-order valence-electron chi connectivity index (χ1n) is 8.09. The lowest BCUT2D eigenvalue weighted by Crippen LogP contribution is -2.43. The largest absolute Gasteiger partial charge is 0.497 e. The van der Waals surface area contributed by atoms with Gasteiger partial charge >= 0.3 is 0 Å². The summed E-state index contributed by atoms with van der Waals surface area (Å²) in [5.41, 5.74) is 1.29. The Morgan fingerprint density at radius 3 is 2.46 bits per heavy atom. The van der Waals surface area contributed by atoms with Crippen LogP contribution in [0.25, 0.3) is 0 Å². The molecule has 0 aromatic heterocycles. The van der Waals surface area contributed by atoms with Crippen molar-refractivity contribution in [1.82, 2.24) is 4.90 Å². The van der Waals surface area contributed by atoms with Gasteiger partial charge in [-0.05, 0) is 50.4 Å². The molecule has 2 amide bonds. The number of amides is 2. The van der Waals surface area contributed by atoms with E-state index in [1.807, 2.05) is 0 Å². The van der Waals surface area contributed by atoms with Crippen molar-refractivity contribution in [2.45, 2.75) is 13.0 Å². The molecule has 0 unspecified atom stereocenters. The number of benzene rings is 2. The number of anilines is 2. The lowest BCUT2D eigenvalue weighted by Gasteiger charge is -2.23. The molecule has 2 N–H and O–H groups in total. The highest BCUT2D eigenvalue weighted by Gasteiger charge is 2.20. The van der Waals surface area contributed by atoms with Crippen LogP contribution in [-0.4, -0.2) is 43.5 Å². The van der Waals surface area contributed by atoms with Crippen molar-refractivity contribution in [1.29, 1.82) is 0 Å². The van der Waals surface area contributed by atoms with Crippen molar-refractivity contribution in [3.8, 4) is 5.75 Å². The van der Waals surface area contributed by atoms with Crippen molar-refractivity contribution in [2.24, 2.45) is 0 Å². The van der Waals surface area contributed by atoms with Crippen molar-refractivity contribution in [3.05, 3.63) is 53.6 Å². The lowest BCUT2D eigenvalue weighted by molar-refractivity contribution is -0.122. The Kier molecular flexibility index (Phi) is 7.00. The van der Waals surface area contributed by atoms with Gasteiger partial charge in [0.15, 0.2) is 0 Å². The van der Waals surface area contributed by atoms with Crippen LogP contribution < -0.4 is 15.4 Å². The van der Waals surface area contributed by atoms with E-state index in [9.17, 15) is 9.59 Å². The number of hydrogen-bond donors (Lipinski definition) is 2. The van der Waals surface area contributed by atoms with Gasteiger partial charge in [0.25, 0.3) is 0 Å². The minimum Gasteiger partial charge on any atom is -0.497 e. The third kappa shape index (κ3) is 5.75. The predicted octanol–water partition coefficient (Wildman–Crippen LogP) is 3.25. The Morgan fingerprint density at radius 1 is 1.12 bits per heavy atom. The molecule has 6 nitrogen and oxygen atoms in total. The Morgan fingerprint density at radius 2 is 1.81 bits per heavy atom. The van der Waals surface area contributed by atoms with E-state index in [-0.39, 0.29) is 18.4 Å². The maximum atomic E-state index is 12.3. The first-order valence-corrected chi connectivity index (χ1v) is 8.47. The van der Waals surface area contributed by atoms with Gasteiger partial charge in [-0.25, -0.2) is 0 Å².